The fourth-order valence-electron chi connectivity index (χ4n) is 1.72. The fraction of sp³-hybridized carbons (Fsp3) is 0.500. The molecule has 0 spiro atoms. The lowest BCUT2D eigenvalue weighted by atomic mass is 10.1. The molecule has 0 aliphatic rings. The number of amides is 1. The highest BCUT2D eigenvalue weighted by molar-refractivity contribution is 5.75. The summed E-state index contributed by atoms with van der Waals surface area (Å²) < 4.78 is 26.3. The van der Waals surface area contributed by atoms with Gasteiger partial charge in [-0.05, 0) is 19.4 Å². The predicted octanol–water partition coefficient (Wildman–Crippen LogP) is 2.53. The van der Waals surface area contributed by atoms with Gasteiger partial charge in [0, 0.05) is 37.2 Å². The van der Waals surface area contributed by atoms with Gasteiger partial charge in [-0.25, -0.2) is 8.78 Å². The molecule has 106 valence electrons. The highest BCUT2D eigenvalue weighted by atomic mass is 19.1. The molecule has 1 aromatic rings. The second-order valence-corrected chi connectivity index (χ2v) is 4.44. The number of benzene rings is 1. The van der Waals surface area contributed by atoms with Gasteiger partial charge in [-0.15, -0.1) is 0 Å². The summed E-state index contributed by atoms with van der Waals surface area (Å²) in [5.41, 5.74) is 0.398. The van der Waals surface area contributed by atoms with Gasteiger partial charge in [0.25, 0.3) is 0 Å². The van der Waals surface area contributed by atoms with Crippen molar-refractivity contribution < 1.29 is 13.6 Å². The predicted molar refractivity (Wildman–Crippen MR) is 70.7 cm³/mol. The number of halogens is 2. The van der Waals surface area contributed by atoms with E-state index in [4.69, 9.17) is 0 Å². The van der Waals surface area contributed by atoms with Gasteiger partial charge in [0.1, 0.15) is 11.6 Å². The maximum absolute atomic E-state index is 13.5. The van der Waals surface area contributed by atoms with Crippen LogP contribution in [0.15, 0.2) is 18.2 Å². The quantitative estimate of drug-likeness (QED) is 0.799. The first-order valence-electron chi connectivity index (χ1n) is 6.49. The lowest BCUT2D eigenvalue weighted by Crippen LogP contribution is -2.29. The van der Waals surface area contributed by atoms with Crippen molar-refractivity contribution in [2.75, 3.05) is 13.1 Å². The second kappa shape index (κ2) is 7.84. The molecule has 2 N–H and O–H groups in total. The average Bonchev–Trinajstić information content (AvgIpc) is 2.36. The zero-order valence-corrected chi connectivity index (χ0v) is 11.3. The summed E-state index contributed by atoms with van der Waals surface area (Å²) in [6, 6.07) is 3.24. The van der Waals surface area contributed by atoms with Crippen molar-refractivity contribution >= 4 is 5.91 Å². The SMILES string of the molecule is CCCNC(=O)CCNC(C)c1ccc(F)cc1F. The monoisotopic (exact) mass is 270 g/mol. The summed E-state index contributed by atoms with van der Waals surface area (Å²) in [6.45, 7) is 4.88. The fourth-order valence-corrected chi connectivity index (χ4v) is 1.72. The normalized spacial score (nSPS) is 12.2. The van der Waals surface area contributed by atoms with Crippen LogP contribution in [-0.4, -0.2) is 19.0 Å². The van der Waals surface area contributed by atoms with E-state index >= 15 is 0 Å². The molecule has 0 aliphatic heterocycles. The number of carbonyl (C=O) groups is 1. The van der Waals surface area contributed by atoms with Crippen molar-refractivity contribution in [2.24, 2.45) is 0 Å². The highest BCUT2D eigenvalue weighted by Gasteiger charge is 2.11. The average molecular weight is 270 g/mol. The molecule has 5 heteroatoms. The third kappa shape index (κ3) is 5.34. The lowest BCUT2D eigenvalue weighted by Gasteiger charge is -2.15. The summed E-state index contributed by atoms with van der Waals surface area (Å²) in [5, 5.41) is 5.81. The minimum atomic E-state index is -0.590. The summed E-state index contributed by atoms with van der Waals surface area (Å²) in [7, 11) is 0. The first-order chi connectivity index (χ1) is 9.04. The van der Waals surface area contributed by atoms with Gasteiger partial charge >= 0.3 is 0 Å². The van der Waals surface area contributed by atoms with E-state index in [2.05, 4.69) is 10.6 Å². The van der Waals surface area contributed by atoms with E-state index in [1.54, 1.807) is 6.92 Å². The summed E-state index contributed by atoms with van der Waals surface area (Å²) in [6.07, 6.45) is 1.24. The second-order valence-electron chi connectivity index (χ2n) is 4.44. The molecular formula is C14H20F2N2O. The van der Waals surface area contributed by atoms with E-state index in [1.807, 2.05) is 6.92 Å². The Morgan fingerprint density at radius 2 is 2.05 bits per heavy atom. The van der Waals surface area contributed by atoms with E-state index in [0.29, 0.717) is 25.1 Å². The van der Waals surface area contributed by atoms with Crippen LogP contribution in [0.2, 0.25) is 0 Å². The maximum atomic E-state index is 13.5. The van der Waals surface area contributed by atoms with Crippen LogP contribution < -0.4 is 10.6 Å². The molecular weight excluding hydrogens is 250 g/mol. The molecule has 1 rings (SSSR count). The van der Waals surface area contributed by atoms with Gasteiger partial charge in [-0.2, -0.15) is 0 Å². The van der Waals surface area contributed by atoms with Crippen LogP contribution in [0.1, 0.15) is 38.3 Å². The van der Waals surface area contributed by atoms with Crippen LogP contribution in [0.4, 0.5) is 8.78 Å². The third-order valence-electron chi connectivity index (χ3n) is 2.80. The first kappa shape index (κ1) is 15.6. The number of nitrogens with one attached hydrogen (secondary N) is 2. The number of hydrogen-bond donors (Lipinski definition) is 2. The molecule has 3 nitrogen and oxygen atoms in total. The van der Waals surface area contributed by atoms with Gasteiger partial charge in [0.2, 0.25) is 5.91 Å². The van der Waals surface area contributed by atoms with Crippen LogP contribution in [0.25, 0.3) is 0 Å². The molecule has 0 saturated heterocycles. The van der Waals surface area contributed by atoms with Crippen LogP contribution in [-0.2, 0) is 4.79 Å². The Balaban J connectivity index is 2.38. The first-order valence-corrected chi connectivity index (χ1v) is 6.49. The van der Waals surface area contributed by atoms with Gasteiger partial charge in [-0.1, -0.05) is 13.0 Å². The van der Waals surface area contributed by atoms with Gasteiger partial charge < -0.3 is 10.6 Å². The zero-order valence-electron chi connectivity index (χ0n) is 11.3. The molecule has 0 heterocycles. The smallest absolute Gasteiger partial charge is 0.221 e. The molecule has 0 saturated carbocycles. The molecule has 1 atom stereocenters. The van der Waals surface area contributed by atoms with Crippen LogP contribution in [0, 0.1) is 11.6 Å². The topological polar surface area (TPSA) is 41.1 Å². The number of hydrogen-bond acceptors (Lipinski definition) is 2. The molecule has 19 heavy (non-hydrogen) atoms. The van der Waals surface area contributed by atoms with Gasteiger partial charge in [0.15, 0.2) is 0 Å². The van der Waals surface area contributed by atoms with Gasteiger partial charge in [0.05, 0.1) is 0 Å². The molecule has 0 radical (unpaired) electrons. The van der Waals surface area contributed by atoms with E-state index in [1.165, 1.54) is 12.1 Å². The minimum Gasteiger partial charge on any atom is -0.356 e. The molecule has 0 bridgehead atoms. The zero-order chi connectivity index (χ0) is 14.3. The van der Waals surface area contributed by atoms with Crippen molar-refractivity contribution in [3.63, 3.8) is 0 Å². The molecule has 0 aliphatic carbocycles. The Morgan fingerprint density at radius 1 is 1.32 bits per heavy atom. The molecule has 1 unspecified atom stereocenters. The summed E-state index contributed by atoms with van der Waals surface area (Å²) in [5.74, 6) is -1.19. The Kier molecular flexibility index (Phi) is 6.42. The van der Waals surface area contributed by atoms with Crippen LogP contribution in [0.5, 0.6) is 0 Å². The minimum absolute atomic E-state index is 0.0267. The Hall–Kier alpha value is -1.49. The number of carbonyl (C=O) groups excluding carboxylic acids is 1. The van der Waals surface area contributed by atoms with E-state index < -0.39 is 11.6 Å². The molecule has 0 fully saturated rings. The Labute approximate surface area is 112 Å². The van der Waals surface area contributed by atoms with E-state index in [0.717, 1.165) is 12.5 Å². The van der Waals surface area contributed by atoms with E-state index in [9.17, 15) is 13.6 Å². The van der Waals surface area contributed by atoms with E-state index in [-0.39, 0.29) is 11.9 Å². The molecule has 1 amide bonds. The number of rotatable bonds is 7. The van der Waals surface area contributed by atoms with Crippen molar-refractivity contribution in [1.29, 1.82) is 0 Å². The van der Waals surface area contributed by atoms with Crippen molar-refractivity contribution in [2.45, 2.75) is 32.7 Å². The lowest BCUT2D eigenvalue weighted by molar-refractivity contribution is -0.121. The third-order valence-corrected chi connectivity index (χ3v) is 2.80. The molecule has 1 aromatic carbocycles. The summed E-state index contributed by atoms with van der Waals surface area (Å²) >= 11 is 0. The van der Waals surface area contributed by atoms with Gasteiger partial charge in [-0.3, -0.25) is 4.79 Å². The maximum Gasteiger partial charge on any atom is 0.221 e. The van der Waals surface area contributed by atoms with Crippen molar-refractivity contribution in [1.82, 2.24) is 10.6 Å². The highest BCUT2D eigenvalue weighted by Crippen LogP contribution is 2.17. The largest absolute Gasteiger partial charge is 0.356 e. The van der Waals surface area contributed by atoms with Crippen molar-refractivity contribution in [3.8, 4) is 0 Å². The Bertz CT molecular complexity index is 424. The standard InChI is InChI=1S/C14H20F2N2O/c1-3-7-18-14(19)6-8-17-10(2)12-5-4-11(15)9-13(12)16/h4-5,9-10,17H,3,6-8H2,1-2H3,(H,18,19). The van der Waals surface area contributed by atoms with Crippen LogP contribution in [0.3, 0.4) is 0 Å². The van der Waals surface area contributed by atoms with Crippen molar-refractivity contribution in [3.05, 3.63) is 35.4 Å². The molecule has 0 aromatic heterocycles. The summed E-state index contributed by atoms with van der Waals surface area (Å²) in [4.78, 5) is 11.4. The van der Waals surface area contributed by atoms with Crippen LogP contribution >= 0.6 is 0 Å². The Morgan fingerprint density at radius 3 is 2.68 bits per heavy atom.